The summed E-state index contributed by atoms with van der Waals surface area (Å²) in [6, 6.07) is 36.7. The molecule has 7 aromatic rings. The van der Waals surface area contributed by atoms with Crippen LogP contribution in [-0.2, 0) is 0 Å². The van der Waals surface area contributed by atoms with Crippen LogP contribution in [0.1, 0.15) is 11.1 Å². The van der Waals surface area contributed by atoms with Crippen molar-refractivity contribution in [2.45, 2.75) is 0 Å². The number of nitriles is 2. The van der Waals surface area contributed by atoms with E-state index in [1.807, 2.05) is 34.9 Å². The van der Waals surface area contributed by atoms with Crippen molar-refractivity contribution in [1.29, 1.82) is 10.5 Å². The van der Waals surface area contributed by atoms with Gasteiger partial charge in [-0.25, -0.2) is 4.39 Å². The van der Waals surface area contributed by atoms with Crippen molar-refractivity contribution in [3.05, 3.63) is 120 Å². The highest BCUT2D eigenvalue weighted by atomic mass is 19.1. The van der Waals surface area contributed by atoms with Crippen molar-refractivity contribution >= 4 is 43.6 Å². The first-order valence-electron chi connectivity index (χ1n) is 11.9. The lowest BCUT2D eigenvalue weighted by atomic mass is 10.1. The molecule has 0 atom stereocenters. The summed E-state index contributed by atoms with van der Waals surface area (Å²) in [5, 5.41) is 24.2. The van der Waals surface area contributed by atoms with Crippen molar-refractivity contribution in [1.82, 2.24) is 9.13 Å². The first-order chi connectivity index (χ1) is 18.2. The molecule has 5 heteroatoms. The molecule has 7 rings (SSSR count). The van der Waals surface area contributed by atoms with Crippen LogP contribution >= 0.6 is 0 Å². The summed E-state index contributed by atoms with van der Waals surface area (Å²) >= 11 is 0. The Morgan fingerprint density at radius 2 is 1.03 bits per heavy atom. The lowest BCUT2D eigenvalue weighted by Gasteiger charge is -2.14. The van der Waals surface area contributed by atoms with Gasteiger partial charge in [0.2, 0.25) is 0 Å². The fourth-order valence-corrected chi connectivity index (χ4v) is 5.56. The summed E-state index contributed by atoms with van der Waals surface area (Å²) in [4.78, 5) is 0. The normalized spacial score (nSPS) is 11.3. The molecule has 2 heterocycles. The van der Waals surface area contributed by atoms with Gasteiger partial charge in [0.25, 0.3) is 0 Å². The van der Waals surface area contributed by atoms with Crippen LogP contribution in [0.3, 0.4) is 0 Å². The third-order valence-corrected chi connectivity index (χ3v) is 7.05. The molecule has 2 aromatic heterocycles. The number of hydrogen-bond acceptors (Lipinski definition) is 2. The van der Waals surface area contributed by atoms with E-state index >= 15 is 0 Å². The van der Waals surface area contributed by atoms with Gasteiger partial charge in [0.05, 0.1) is 38.9 Å². The molecule has 0 N–H and O–H groups in total. The van der Waals surface area contributed by atoms with E-state index < -0.39 is 0 Å². The van der Waals surface area contributed by atoms with Gasteiger partial charge in [-0.2, -0.15) is 10.5 Å². The first-order valence-corrected chi connectivity index (χ1v) is 11.9. The van der Waals surface area contributed by atoms with Crippen LogP contribution in [-0.4, -0.2) is 9.13 Å². The standard InChI is InChI=1S/C32H17FN4/c33-22-12-14-23(15-13-22)36-28-10-3-1-8-24(28)26-16-17-27-25-9-2-4-11-29(25)37(32(27)31(26)36)30-20(18-34)6-5-7-21(30)19-35/h1-17H. The maximum Gasteiger partial charge on any atom is 0.123 e. The van der Waals surface area contributed by atoms with Gasteiger partial charge in [0.15, 0.2) is 0 Å². The molecule has 5 aromatic carbocycles. The Bertz CT molecular complexity index is 2080. The summed E-state index contributed by atoms with van der Waals surface area (Å²) in [5.74, 6) is -0.301. The monoisotopic (exact) mass is 476 g/mol. The predicted octanol–water partition coefficient (Wildman–Crippen LogP) is 7.76. The van der Waals surface area contributed by atoms with Gasteiger partial charge in [-0.1, -0.05) is 54.6 Å². The Hall–Kier alpha value is -5.39. The second kappa shape index (κ2) is 7.81. The summed E-state index contributed by atoms with van der Waals surface area (Å²) in [6.07, 6.45) is 0. The zero-order chi connectivity index (χ0) is 25.1. The van der Waals surface area contributed by atoms with Gasteiger partial charge in [-0.3, -0.25) is 0 Å². The molecule has 0 aliphatic rings. The minimum absolute atomic E-state index is 0.301. The highest BCUT2D eigenvalue weighted by Gasteiger charge is 2.23. The van der Waals surface area contributed by atoms with Gasteiger partial charge >= 0.3 is 0 Å². The fourth-order valence-electron chi connectivity index (χ4n) is 5.56. The number of para-hydroxylation sites is 3. The second-order valence-corrected chi connectivity index (χ2v) is 8.96. The van der Waals surface area contributed by atoms with Crippen LogP contribution in [0, 0.1) is 28.5 Å². The summed E-state index contributed by atoms with van der Waals surface area (Å²) < 4.78 is 18.1. The summed E-state index contributed by atoms with van der Waals surface area (Å²) in [5.41, 5.74) is 5.93. The van der Waals surface area contributed by atoms with E-state index in [-0.39, 0.29) is 5.82 Å². The second-order valence-electron chi connectivity index (χ2n) is 8.96. The number of halogens is 1. The molecule has 0 saturated heterocycles. The zero-order valence-electron chi connectivity index (χ0n) is 19.5. The Balaban J connectivity index is 1.81. The molecule has 0 aliphatic heterocycles. The van der Waals surface area contributed by atoms with Crippen molar-refractivity contribution in [3.63, 3.8) is 0 Å². The molecule has 0 spiro atoms. The topological polar surface area (TPSA) is 57.4 Å². The van der Waals surface area contributed by atoms with Gasteiger partial charge < -0.3 is 9.13 Å². The Kier molecular flexibility index (Phi) is 4.42. The van der Waals surface area contributed by atoms with Gasteiger partial charge in [0, 0.05) is 27.2 Å². The van der Waals surface area contributed by atoms with Crippen molar-refractivity contribution in [3.8, 4) is 23.5 Å². The molecule has 0 bridgehead atoms. The largest absolute Gasteiger partial charge is 0.307 e. The van der Waals surface area contributed by atoms with E-state index in [1.165, 1.54) is 12.1 Å². The molecule has 0 amide bonds. The molecule has 0 fully saturated rings. The van der Waals surface area contributed by atoms with Gasteiger partial charge in [-0.05, 0) is 48.5 Å². The Morgan fingerprint density at radius 1 is 0.514 bits per heavy atom. The molecular weight excluding hydrogens is 459 g/mol. The number of nitrogens with zero attached hydrogens (tertiary/aromatic N) is 4. The minimum atomic E-state index is -0.301. The lowest BCUT2D eigenvalue weighted by molar-refractivity contribution is 0.627. The van der Waals surface area contributed by atoms with E-state index in [4.69, 9.17) is 0 Å². The highest BCUT2D eigenvalue weighted by Crippen LogP contribution is 2.42. The number of hydrogen-bond donors (Lipinski definition) is 0. The molecule has 0 radical (unpaired) electrons. The summed E-state index contributed by atoms with van der Waals surface area (Å²) in [7, 11) is 0. The van der Waals surface area contributed by atoms with Crippen LogP contribution < -0.4 is 0 Å². The molecule has 0 unspecified atom stereocenters. The number of benzene rings is 5. The quantitative estimate of drug-likeness (QED) is 0.256. The maximum atomic E-state index is 13.9. The van der Waals surface area contributed by atoms with Crippen molar-refractivity contribution in [2.24, 2.45) is 0 Å². The van der Waals surface area contributed by atoms with Crippen LogP contribution in [0.2, 0.25) is 0 Å². The Labute approximate surface area is 211 Å². The third kappa shape index (κ3) is 2.86. The smallest absolute Gasteiger partial charge is 0.123 e. The van der Waals surface area contributed by atoms with Gasteiger partial charge in [0.1, 0.15) is 18.0 Å². The van der Waals surface area contributed by atoms with Crippen LogP contribution in [0.4, 0.5) is 4.39 Å². The molecule has 37 heavy (non-hydrogen) atoms. The van der Waals surface area contributed by atoms with E-state index in [2.05, 4.69) is 47.0 Å². The average molecular weight is 477 g/mol. The Morgan fingerprint density at radius 3 is 1.59 bits per heavy atom. The fraction of sp³-hybridized carbons (Fsp3) is 0. The maximum absolute atomic E-state index is 13.9. The van der Waals surface area contributed by atoms with E-state index in [1.54, 1.807) is 30.3 Å². The number of aromatic nitrogens is 2. The summed E-state index contributed by atoms with van der Waals surface area (Å²) in [6.45, 7) is 0. The van der Waals surface area contributed by atoms with Crippen molar-refractivity contribution in [2.75, 3.05) is 0 Å². The van der Waals surface area contributed by atoms with E-state index in [9.17, 15) is 14.9 Å². The van der Waals surface area contributed by atoms with Crippen molar-refractivity contribution < 1.29 is 4.39 Å². The van der Waals surface area contributed by atoms with Crippen LogP contribution in [0.15, 0.2) is 103 Å². The number of fused-ring (bicyclic) bond motifs is 7. The predicted molar refractivity (Wildman–Crippen MR) is 145 cm³/mol. The van der Waals surface area contributed by atoms with E-state index in [0.29, 0.717) is 16.8 Å². The lowest BCUT2D eigenvalue weighted by Crippen LogP contribution is -2.03. The molecule has 4 nitrogen and oxygen atoms in total. The minimum Gasteiger partial charge on any atom is -0.307 e. The average Bonchev–Trinajstić information content (AvgIpc) is 3.46. The highest BCUT2D eigenvalue weighted by molar-refractivity contribution is 6.23. The molecule has 172 valence electrons. The van der Waals surface area contributed by atoms with Crippen LogP contribution in [0.25, 0.3) is 55.0 Å². The number of rotatable bonds is 2. The molecular formula is C32H17FN4. The molecule has 0 saturated carbocycles. The van der Waals surface area contributed by atoms with Crippen LogP contribution in [0.5, 0.6) is 0 Å². The SMILES string of the molecule is N#Cc1cccc(C#N)c1-n1c2ccccc2c2ccc3c4ccccc4n(-c4ccc(F)cc4)c3c21. The van der Waals surface area contributed by atoms with Gasteiger partial charge in [-0.15, -0.1) is 0 Å². The van der Waals surface area contributed by atoms with E-state index in [0.717, 1.165) is 49.3 Å². The third-order valence-electron chi connectivity index (χ3n) is 7.05. The zero-order valence-corrected chi connectivity index (χ0v) is 19.5. The first kappa shape index (κ1) is 20.9. The molecule has 0 aliphatic carbocycles.